The van der Waals surface area contributed by atoms with Gasteiger partial charge in [-0.2, -0.15) is 0 Å². The van der Waals surface area contributed by atoms with Crippen molar-refractivity contribution in [3.8, 4) is 0 Å². The quantitative estimate of drug-likeness (QED) is 0.673. The number of hydrogen-bond acceptors (Lipinski definition) is 4. The van der Waals surface area contributed by atoms with Gasteiger partial charge in [0.25, 0.3) is 0 Å². The van der Waals surface area contributed by atoms with E-state index in [9.17, 15) is 0 Å². The van der Waals surface area contributed by atoms with Gasteiger partial charge in [-0.3, -0.25) is 0 Å². The minimum absolute atomic E-state index is 0.0164. The lowest BCUT2D eigenvalue weighted by Gasteiger charge is -2.24. The van der Waals surface area contributed by atoms with Crippen LogP contribution in [0.4, 0.5) is 0 Å². The fourth-order valence-corrected chi connectivity index (χ4v) is 2.12. The molecular formula is C11H22N2O2. The van der Waals surface area contributed by atoms with Crippen molar-refractivity contribution in [1.82, 2.24) is 10.2 Å². The molecule has 1 N–H and O–H groups in total. The molecule has 0 unspecified atom stereocenters. The van der Waals surface area contributed by atoms with Gasteiger partial charge in [-0.25, -0.2) is 0 Å². The summed E-state index contributed by atoms with van der Waals surface area (Å²) in [5.41, 5.74) is 0. The minimum atomic E-state index is -0.0164. The second-order valence-electron chi connectivity index (χ2n) is 4.28. The van der Waals surface area contributed by atoms with Gasteiger partial charge < -0.3 is 19.7 Å². The maximum Gasteiger partial charge on any atom is 0.169 e. The number of rotatable bonds is 5. The Morgan fingerprint density at radius 3 is 2.53 bits per heavy atom. The first-order valence-corrected chi connectivity index (χ1v) is 6.11. The van der Waals surface area contributed by atoms with E-state index >= 15 is 0 Å². The Labute approximate surface area is 91.9 Å². The van der Waals surface area contributed by atoms with Crippen LogP contribution in [0.3, 0.4) is 0 Å². The first kappa shape index (κ1) is 11.3. The number of likely N-dealkylation sites (tertiary alicyclic amines) is 1. The smallest absolute Gasteiger partial charge is 0.169 e. The zero-order chi connectivity index (χ0) is 10.3. The van der Waals surface area contributed by atoms with Crippen molar-refractivity contribution >= 4 is 0 Å². The van der Waals surface area contributed by atoms with E-state index in [0.717, 1.165) is 39.3 Å². The molecule has 0 aromatic rings. The van der Waals surface area contributed by atoms with E-state index in [1.807, 2.05) is 0 Å². The average Bonchev–Trinajstić information content (AvgIpc) is 2.79. The summed E-state index contributed by atoms with van der Waals surface area (Å²) in [6, 6.07) is 0. The monoisotopic (exact) mass is 214 g/mol. The van der Waals surface area contributed by atoms with Crippen LogP contribution in [-0.2, 0) is 9.47 Å². The molecule has 0 aliphatic carbocycles. The summed E-state index contributed by atoms with van der Waals surface area (Å²) in [4.78, 5) is 2.51. The number of hydrogen-bond donors (Lipinski definition) is 1. The summed E-state index contributed by atoms with van der Waals surface area (Å²) in [5.74, 6) is 0. The molecule has 0 saturated carbocycles. The molecule has 2 heterocycles. The molecule has 0 radical (unpaired) electrons. The fraction of sp³-hybridized carbons (Fsp3) is 1.00. The van der Waals surface area contributed by atoms with E-state index in [0.29, 0.717) is 0 Å². The minimum Gasteiger partial charge on any atom is -0.351 e. The van der Waals surface area contributed by atoms with E-state index in [-0.39, 0.29) is 6.29 Å². The number of nitrogens with zero attached hydrogens (tertiary/aromatic N) is 1. The SMILES string of the molecule is C1COC(CNCCN2CCCC2)OC1. The normalized spacial score (nSPS) is 24.8. The predicted molar refractivity (Wildman–Crippen MR) is 58.9 cm³/mol. The molecule has 88 valence electrons. The Morgan fingerprint density at radius 1 is 1.07 bits per heavy atom. The van der Waals surface area contributed by atoms with Gasteiger partial charge in [0.1, 0.15) is 0 Å². The van der Waals surface area contributed by atoms with Crippen molar-refractivity contribution < 1.29 is 9.47 Å². The van der Waals surface area contributed by atoms with E-state index in [4.69, 9.17) is 9.47 Å². The van der Waals surface area contributed by atoms with Gasteiger partial charge in [0.05, 0.1) is 13.2 Å². The number of ether oxygens (including phenoxy) is 2. The van der Waals surface area contributed by atoms with Crippen LogP contribution in [0.2, 0.25) is 0 Å². The van der Waals surface area contributed by atoms with Gasteiger partial charge in [-0.15, -0.1) is 0 Å². The molecule has 15 heavy (non-hydrogen) atoms. The highest BCUT2D eigenvalue weighted by Crippen LogP contribution is 2.06. The van der Waals surface area contributed by atoms with E-state index in [1.165, 1.54) is 25.9 Å². The zero-order valence-electron chi connectivity index (χ0n) is 9.41. The highest BCUT2D eigenvalue weighted by atomic mass is 16.7. The van der Waals surface area contributed by atoms with Crippen LogP contribution >= 0.6 is 0 Å². The molecular weight excluding hydrogens is 192 g/mol. The van der Waals surface area contributed by atoms with E-state index < -0.39 is 0 Å². The van der Waals surface area contributed by atoms with E-state index in [1.54, 1.807) is 0 Å². The lowest BCUT2D eigenvalue weighted by molar-refractivity contribution is -0.175. The third-order valence-corrected chi connectivity index (χ3v) is 3.01. The molecule has 2 saturated heterocycles. The average molecular weight is 214 g/mol. The Balaban J connectivity index is 1.47. The van der Waals surface area contributed by atoms with Gasteiger partial charge in [0.2, 0.25) is 0 Å². The van der Waals surface area contributed by atoms with Crippen molar-refractivity contribution in [2.75, 3.05) is 45.9 Å². The molecule has 4 nitrogen and oxygen atoms in total. The van der Waals surface area contributed by atoms with Crippen molar-refractivity contribution in [3.63, 3.8) is 0 Å². The molecule has 0 atom stereocenters. The van der Waals surface area contributed by atoms with Crippen LogP contribution in [0.1, 0.15) is 19.3 Å². The van der Waals surface area contributed by atoms with Crippen molar-refractivity contribution in [2.24, 2.45) is 0 Å². The summed E-state index contributed by atoms with van der Waals surface area (Å²) < 4.78 is 10.9. The highest BCUT2D eigenvalue weighted by molar-refractivity contribution is 4.67. The van der Waals surface area contributed by atoms with Crippen molar-refractivity contribution in [3.05, 3.63) is 0 Å². The Morgan fingerprint density at radius 2 is 1.80 bits per heavy atom. The first-order valence-electron chi connectivity index (χ1n) is 6.11. The van der Waals surface area contributed by atoms with Gasteiger partial charge in [0.15, 0.2) is 6.29 Å². The van der Waals surface area contributed by atoms with E-state index in [2.05, 4.69) is 10.2 Å². The molecule has 0 spiro atoms. The van der Waals surface area contributed by atoms with Gasteiger partial charge in [-0.1, -0.05) is 0 Å². The summed E-state index contributed by atoms with van der Waals surface area (Å²) in [6.07, 6.45) is 3.76. The Hall–Kier alpha value is -0.160. The molecule has 2 aliphatic heterocycles. The summed E-state index contributed by atoms with van der Waals surface area (Å²) >= 11 is 0. The second kappa shape index (κ2) is 6.43. The lowest BCUT2D eigenvalue weighted by atomic mass is 10.4. The molecule has 2 aliphatic rings. The molecule has 2 fully saturated rings. The molecule has 0 aromatic heterocycles. The van der Waals surface area contributed by atoms with Crippen molar-refractivity contribution in [2.45, 2.75) is 25.6 Å². The third-order valence-electron chi connectivity index (χ3n) is 3.01. The molecule has 0 bridgehead atoms. The van der Waals surface area contributed by atoms with Crippen LogP contribution in [0, 0.1) is 0 Å². The Kier molecular flexibility index (Phi) is 4.86. The van der Waals surface area contributed by atoms with Crippen LogP contribution in [0.25, 0.3) is 0 Å². The number of nitrogens with one attached hydrogen (secondary N) is 1. The fourth-order valence-electron chi connectivity index (χ4n) is 2.12. The second-order valence-corrected chi connectivity index (χ2v) is 4.28. The molecule has 0 aromatic carbocycles. The predicted octanol–water partition coefficient (Wildman–Crippen LogP) is 0.435. The largest absolute Gasteiger partial charge is 0.351 e. The van der Waals surface area contributed by atoms with Crippen LogP contribution in [-0.4, -0.2) is 57.1 Å². The molecule has 0 amide bonds. The zero-order valence-corrected chi connectivity index (χ0v) is 9.41. The van der Waals surface area contributed by atoms with Crippen molar-refractivity contribution in [1.29, 1.82) is 0 Å². The van der Waals surface area contributed by atoms with Crippen LogP contribution in [0.15, 0.2) is 0 Å². The van der Waals surface area contributed by atoms with Gasteiger partial charge >= 0.3 is 0 Å². The maximum absolute atomic E-state index is 5.45. The topological polar surface area (TPSA) is 33.7 Å². The Bertz CT molecular complexity index is 166. The summed E-state index contributed by atoms with van der Waals surface area (Å²) in [5, 5.41) is 3.39. The summed E-state index contributed by atoms with van der Waals surface area (Å²) in [7, 11) is 0. The highest BCUT2D eigenvalue weighted by Gasteiger charge is 2.14. The van der Waals surface area contributed by atoms with Gasteiger partial charge in [-0.05, 0) is 32.4 Å². The molecule has 2 rings (SSSR count). The summed E-state index contributed by atoms with van der Waals surface area (Å²) in [6.45, 7) is 7.27. The molecule has 4 heteroatoms. The lowest BCUT2D eigenvalue weighted by Crippen LogP contribution is -2.38. The first-order chi connectivity index (χ1) is 7.45. The van der Waals surface area contributed by atoms with Gasteiger partial charge in [0, 0.05) is 19.6 Å². The third kappa shape index (κ3) is 4.07. The van der Waals surface area contributed by atoms with Crippen LogP contribution in [0.5, 0.6) is 0 Å². The standard InChI is InChI=1S/C11H22N2O2/c1-2-6-13(5-1)7-4-12-10-11-14-8-3-9-15-11/h11-12H,1-10H2. The maximum atomic E-state index is 5.45. The van der Waals surface area contributed by atoms with Crippen LogP contribution < -0.4 is 5.32 Å².